The van der Waals surface area contributed by atoms with Crippen LogP contribution >= 0.6 is 25.3 Å². The van der Waals surface area contributed by atoms with E-state index >= 15 is 0 Å². The summed E-state index contributed by atoms with van der Waals surface area (Å²) in [4.78, 5) is 0.167. The molecule has 54 valence electrons. The zero-order chi connectivity index (χ0) is 7.65. The van der Waals surface area contributed by atoms with Gasteiger partial charge in [-0.15, -0.1) is 25.3 Å². The van der Waals surface area contributed by atoms with Crippen LogP contribution in [0, 0.1) is 0 Å². The molecule has 0 radical (unpaired) electrons. The van der Waals surface area contributed by atoms with E-state index in [1.165, 1.54) is 6.92 Å². The Hall–Kier alpha value is 0.350. The fourth-order valence-electron chi connectivity index (χ4n) is 0.187. The summed E-state index contributed by atoms with van der Waals surface area (Å²) < 4.78 is 28.1. The van der Waals surface area contributed by atoms with Crippen LogP contribution in [0.3, 0.4) is 0 Å². The Labute approximate surface area is 64.7 Å². The number of hydrogen-bond donors (Lipinski definition) is 3. The molecule has 0 aromatic carbocycles. The van der Waals surface area contributed by atoms with Gasteiger partial charge in [-0.2, -0.15) is 8.42 Å². The smallest absolute Gasteiger partial charge is 0.281 e. The van der Waals surface area contributed by atoms with Crippen LogP contribution in [0.4, 0.5) is 0 Å². The third kappa shape index (κ3) is 3.14. The SMILES string of the molecule is CC(S)=C(S)S(=O)(=O)O. The third-order valence-corrected chi connectivity index (χ3v) is 2.93. The molecule has 1 N–H and O–H groups in total. The first-order valence-electron chi connectivity index (χ1n) is 1.92. The van der Waals surface area contributed by atoms with E-state index in [-0.39, 0.29) is 4.91 Å². The standard InChI is InChI=1S/C3H6O3S3/c1-2(7)3(8)9(4,5)6/h7-8H,1H3,(H,4,5,6). The molecule has 3 nitrogen and oxygen atoms in total. The second-order valence-electron chi connectivity index (χ2n) is 1.37. The maximum Gasteiger partial charge on any atom is 0.301 e. The number of thiol groups is 2. The van der Waals surface area contributed by atoms with Gasteiger partial charge in [-0.1, -0.05) is 0 Å². The largest absolute Gasteiger partial charge is 0.301 e. The molecule has 0 atom stereocenters. The van der Waals surface area contributed by atoms with Gasteiger partial charge < -0.3 is 0 Å². The maximum atomic E-state index is 10.1. The molecule has 0 saturated heterocycles. The molecule has 0 amide bonds. The highest BCUT2D eigenvalue weighted by Gasteiger charge is 2.09. The van der Waals surface area contributed by atoms with Gasteiger partial charge in [-0.25, -0.2) is 0 Å². The fraction of sp³-hybridized carbons (Fsp3) is 0.333. The van der Waals surface area contributed by atoms with E-state index in [9.17, 15) is 8.42 Å². The van der Waals surface area contributed by atoms with Crippen molar-refractivity contribution in [3.05, 3.63) is 9.14 Å². The molecular weight excluding hydrogens is 180 g/mol. The monoisotopic (exact) mass is 186 g/mol. The summed E-state index contributed by atoms with van der Waals surface area (Å²) in [6, 6.07) is 0. The van der Waals surface area contributed by atoms with Crippen molar-refractivity contribution in [2.24, 2.45) is 0 Å². The van der Waals surface area contributed by atoms with Gasteiger partial charge in [0.05, 0.1) is 0 Å². The van der Waals surface area contributed by atoms with Gasteiger partial charge in [0.2, 0.25) is 0 Å². The molecule has 0 aliphatic rings. The van der Waals surface area contributed by atoms with Gasteiger partial charge in [0.25, 0.3) is 0 Å². The topological polar surface area (TPSA) is 54.4 Å². The van der Waals surface area contributed by atoms with Crippen LogP contribution in [-0.4, -0.2) is 13.0 Å². The second kappa shape index (κ2) is 2.96. The lowest BCUT2D eigenvalue weighted by Crippen LogP contribution is -1.96. The molecule has 0 aromatic heterocycles. The molecule has 0 spiro atoms. The quantitative estimate of drug-likeness (QED) is 0.421. The maximum absolute atomic E-state index is 10.1. The van der Waals surface area contributed by atoms with Gasteiger partial charge in [0.1, 0.15) is 4.24 Å². The molecule has 0 fully saturated rings. The average molecular weight is 186 g/mol. The van der Waals surface area contributed by atoms with E-state index in [0.717, 1.165) is 0 Å². The highest BCUT2D eigenvalue weighted by molar-refractivity contribution is 8.08. The first kappa shape index (κ1) is 9.35. The molecule has 0 saturated carbocycles. The summed E-state index contributed by atoms with van der Waals surface area (Å²) in [5.74, 6) is 0. The average Bonchev–Trinajstić information content (AvgIpc) is 1.62. The summed E-state index contributed by atoms with van der Waals surface area (Å²) in [5.41, 5.74) is 0. The molecule has 0 aliphatic carbocycles. The van der Waals surface area contributed by atoms with Crippen LogP contribution in [0.25, 0.3) is 0 Å². The summed E-state index contributed by atoms with van der Waals surface area (Å²) in [7, 11) is -4.13. The number of allylic oxidation sites excluding steroid dienone is 1. The lowest BCUT2D eigenvalue weighted by atomic mass is 10.7. The zero-order valence-corrected chi connectivity index (χ0v) is 7.17. The molecule has 6 heteroatoms. The Bertz CT molecular complexity index is 221. The minimum Gasteiger partial charge on any atom is -0.281 e. The van der Waals surface area contributed by atoms with Crippen LogP contribution in [0.1, 0.15) is 6.92 Å². The molecule has 0 unspecified atom stereocenters. The molecular formula is C3H6O3S3. The van der Waals surface area contributed by atoms with E-state index in [2.05, 4.69) is 25.3 Å². The van der Waals surface area contributed by atoms with E-state index in [1.54, 1.807) is 0 Å². The van der Waals surface area contributed by atoms with Crippen molar-refractivity contribution in [2.45, 2.75) is 6.92 Å². The van der Waals surface area contributed by atoms with Crippen molar-refractivity contribution < 1.29 is 13.0 Å². The normalized spacial score (nSPS) is 15.1. The molecule has 0 rings (SSSR count). The van der Waals surface area contributed by atoms with E-state index in [0.29, 0.717) is 0 Å². The summed E-state index contributed by atoms with van der Waals surface area (Å²) in [6.07, 6.45) is 0. The van der Waals surface area contributed by atoms with Crippen molar-refractivity contribution in [3.8, 4) is 0 Å². The lowest BCUT2D eigenvalue weighted by molar-refractivity contribution is 0.493. The highest BCUT2D eigenvalue weighted by atomic mass is 32.3. The first-order chi connectivity index (χ1) is 3.85. The Balaban J connectivity index is 4.86. The minimum absolute atomic E-state index is 0.167. The van der Waals surface area contributed by atoms with E-state index in [4.69, 9.17) is 4.55 Å². The molecule has 0 aliphatic heterocycles. The first-order valence-corrected chi connectivity index (χ1v) is 4.25. The molecule has 0 heterocycles. The summed E-state index contributed by atoms with van der Waals surface area (Å²) in [5, 5.41) is 0. The Morgan fingerprint density at radius 1 is 1.44 bits per heavy atom. The predicted octanol–water partition coefficient (Wildman–Crippen LogP) is 0.923. The summed E-state index contributed by atoms with van der Waals surface area (Å²) >= 11 is 7.12. The second-order valence-corrected chi connectivity index (χ2v) is 4.14. The Kier molecular flexibility index (Phi) is 3.07. The van der Waals surface area contributed by atoms with Crippen molar-refractivity contribution >= 4 is 35.4 Å². The zero-order valence-electron chi connectivity index (χ0n) is 4.57. The van der Waals surface area contributed by atoms with Gasteiger partial charge in [-0.3, -0.25) is 4.55 Å². The van der Waals surface area contributed by atoms with Crippen molar-refractivity contribution in [1.29, 1.82) is 0 Å². The van der Waals surface area contributed by atoms with Crippen LogP contribution in [0.15, 0.2) is 9.14 Å². The highest BCUT2D eigenvalue weighted by Crippen LogP contribution is 2.16. The number of rotatable bonds is 1. The van der Waals surface area contributed by atoms with Gasteiger partial charge in [0, 0.05) is 4.91 Å². The minimum atomic E-state index is -4.13. The van der Waals surface area contributed by atoms with Crippen LogP contribution in [0.5, 0.6) is 0 Å². The fourth-order valence-corrected chi connectivity index (χ4v) is 0.906. The lowest BCUT2D eigenvalue weighted by Gasteiger charge is -1.94. The van der Waals surface area contributed by atoms with Crippen LogP contribution < -0.4 is 0 Å². The Morgan fingerprint density at radius 2 is 1.78 bits per heavy atom. The van der Waals surface area contributed by atoms with E-state index in [1.807, 2.05) is 0 Å². The Morgan fingerprint density at radius 3 is 1.78 bits per heavy atom. The van der Waals surface area contributed by atoms with Gasteiger partial charge in [-0.05, 0) is 6.92 Å². The van der Waals surface area contributed by atoms with Gasteiger partial charge >= 0.3 is 10.1 Å². The van der Waals surface area contributed by atoms with Crippen LogP contribution in [0.2, 0.25) is 0 Å². The summed E-state index contributed by atoms with van der Waals surface area (Å²) in [6.45, 7) is 1.42. The third-order valence-electron chi connectivity index (χ3n) is 0.554. The predicted molar refractivity (Wildman–Crippen MR) is 42.2 cm³/mol. The van der Waals surface area contributed by atoms with Crippen LogP contribution in [-0.2, 0) is 10.1 Å². The van der Waals surface area contributed by atoms with Crippen molar-refractivity contribution in [3.63, 3.8) is 0 Å². The van der Waals surface area contributed by atoms with Crippen molar-refractivity contribution in [2.75, 3.05) is 0 Å². The molecule has 0 aromatic rings. The molecule has 9 heavy (non-hydrogen) atoms. The van der Waals surface area contributed by atoms with Crippen molar-refractivity contribution in [1.82, 2.24) is 0 Å². The van der Waals surface area contributed by atoms with Gasteiger partial charge in [0.15, 0.2) is 0 Å². The number of hydrogen-bond acceptors (Lipinski definition) is 4. The molecule has 0 bridgehead atoms. The van der Waals surface area contributed by atoms with E-state index < -0.39 is 14.4 Å².